The van der Waals surface area contributed by atoms with E-state index in [1.807, 2.05) is 32.0 Å². The lowest BCUT2D eigenvalue weighted by atomic mass is 10.1. The molecule has 0 aliphatic heterocycles. The molecule has 0 radical (unpaired) electrons. The largest absolute Gasteiger partial charge is 0.451 e. The van der Waals surface area contributed by atoms with Crippen molar-refractivity contribution in [2.75, 3.05) is 0 Å². The number of carbonyl (C=O) groups is 1. The fourth-order valence-corrected chi connectivity index (χ4v) is 4.10. The number of aryl methyl sites for hydroxylation is 1. The Labute approximate surface area is 194 Å². The summed E-state index contributed by atoms with van der Waals surface area (Å²) in [7, 11) is 0. The molecule has 8 heteroatoms. The van der Waals surface area contributed by atoms with E-state index in [1.165, 1.54) is 29.7 Å². The number of furan rings is 1. The number of aromatic nitrogens is 1. The van der Waals surface area contributed by atoms with Crippen molar-refractivity contribution >= 4 is 39.6 Å². The van der Waals surface area contributed by atoms with E-state index in [0.717, 1.165) is 28.0 Å². The first kappa shape index (κ1) is 21.1. The van der Waals surface area contributed by atoms with E-state index in [0.29, 0.717) is 11.0 Å². The van der Waals surface area contributed by atoms with Crippen molar-refractivity contribution in [1.29, 1.82) is 0 Å². The molecule has 0 bridgehead atoms. The Morgan fingerprint density at radius 3 is 2.59 bits per heavy atom. The number of nitrogens with zero attached hydrogens (tertiary/aromatic N) is 3. The minimum Gasteiger partial charge on any atom is -0.451 e. The van der Waals surface area contributed by atoms with Crippen LogP contribution in [0.4, 0.5) is 5.69 Å². The summed E-state index contributed by atoms with van der Waals surface area (Å²) in [5.74, 6) is -0.521. The molecule has 5 aromatic rings. The molecule has 0 spiro atoms. The standard InChI is InChI=1S/C26H20N4O4/c1-16-11-21(17(2)29(16)22-8-7-18-5-3-4-6-19(18)12-22)15-27-28-26(31)25-14-20-13-23(30(32)33)9-10-24(20)34-25/h3-15H,1-2H3,(H,28,31)/b27-15+. The van der Waals surface area contributed by atoms with Crippen molar-refractivity contribution in [2.45, 2.75) is 13.8 Å². The summed E-state index contributed by atoms with van der Waals surface area (Å²) < 4.78 is 7.64. The molecule has 34 heavy (non-hydrogen) atoms. The van der Waals surface area contributed by atoms with Gasteiger partial charge in [-0.1, -0.05) is 30.3 Å². The molecule has 2 aromatic heterocycles. The van der Waals surface area contributed by atoms with Gasteiger partial charge in [-0.25, -0.2) is 5.43 Å². The van der Waals surface area contributed by atoms with Gasteiger partial charge < -0.3 is 8.98 Å². The van der Waals surface area contributed by atoms with E-state index in [2.05, 4.69) is 45.4 Å². The fourth-order valence-electron chi connectivity index (χ4n) is 4.10. The van der Waals surface area contributed by atoms with Crippen molar-refractivity contribution < 1.29 is 14.1 Å². The van der Waals surface area contributed by atoms with Crippen molar-refractivity contribution in [2.24, 2.45) is 5.10 Å². The third-order valence-electron chi connectivity index (χ3n) is 5.77. The van der Waals surface area contributed by atoms with Crippen LogP contribution in [0, 0.1) is 24.0 Å². The lowest BCUT2D eigenvalue weighted by Gasteiger charge is -2.11. The number of benzene rings is 3. The predicted octanol–water partition coefficient (Wildman–Crippen LogP) is 5.67. The van der Waals surface area contributed by atoms with Gasteiger partial charge in [-0.15, -0.1) is 0 Å². The first-order chi connectivity index (χ1) is 16.4. The highest BCUT2D eigenvalue weighted by atomic mass is 16.6. The molecule has 168 valence electrons. The summed E-state index contributed by atoms with van der Waals surface area (Å²) in [5.41, 5.74) is 6.72. The third kappa shape index (κ3) is 3.81. The second-order valence-corrected chi connectivity index (χ2v) is 7.98. The Bertz CT molecular complexity index is 1610. The first-order valence-electron chi connectivity index (χ1n) is 10.6. The maximum Gasteiger partial charge on any atom is 0.307 e. The Morgan fingerprint density at radius 1 is 1.00 bits per heavy atom. The zero-order valence-electron chi connectivity index (χ0n) is 18.5. The molecule has 0 fully saturated rings. The van der Waals surface area contributed by atoms with Crippen LogP contribution in [0.5, 0.6) is 0 Å². The lowest BCUT2D eigenvalue weighted by molar-refractivity contribution is -0.384. The summed E-state index contributed by atoms with van der Waals surface area (Å²) in [6, 6.07) is 22.1. The van der Waals surface area contributed by atoms with Gasteiger partial charge in [0.25, 0.3) is 5.69 Å². The van der Waals surface area contributed by atoms with E-state index in [4.69, 9.17) is 4.42 Å². The molecular formula is C26H20N4O4. The zero-order valence-corrected chi connectivity index (χ0v) is 18.5. The quantitative estimate of drug-likeness (QED) is 0.211. The maximum absolute atomic E-state index is 12.5. The first-order valence-corrected chi connectivity index (χ1v) is 10.6. The summed E-state index contributed by atoms with van der Waals surface area (Å²) >= 11 is 0. The van der Waals surface area contributed by atoms with Crippen molar-refractivity contribution in [3.63, 3.8) is 0 Å². The van der Waals surface area contributed by atoms with E-state index in [-0.39, 0.29) is 11.4 Å². The van der Waals surface area contributed by atoms with Crippen LogP contribution in [0.1, 0.15) is 27.5 Å². The SMILES string of the molecule is Cc1cc(/C=N/NC(=O)c2cc3cc([N+](=O)[O-])ccc3o2)c(C)n1-c1ccc2ccccc2c1. The van der Waals surface area contributed by atoms with Gasteiger partial charge >= 0.3 is 5.91 Å². The van der Waals surface area contributed by atoms with Gasteiger partial charge in [0.15, 0.2) is 5.76 Å². The van der Waals surface area contributed by atoms with Crippen LogP contribution in [-0.2, 0) is 0 Å². The number of hydrogen-bond donors (Lipinski definition) is 1. The molecule has 1 amide bonds. The van der Waals surface area contributed by atoms with E-state index >= 15 is 0 Å². The minimum absolute atomic E-state index is 0.0225. The second-order valence-electron chi connectivity index (χ2n) is 7.98. The average molecular weight is 452 g/mol. The van der Waals surface area contributed by atoms with Crippen LogP contribution in [0.15, 0.2) is 82.3 Å². The van der Waals surface area contributed by atoms with Crippen LogP contribution < -0.4 is 5.43 Å². The van der Waals surface area contributed by atoms with Gasteiger partial charge in [0.2, 0.25) is 0 Å². The van der Waals surface area contributed by atoms with Gasteiger partial charge in [0.05, 0.1) is 11.1 Å². The number of hydrogen-bond acceptors (Lipinski definition) is 5. The maximum atomic E-state index is 12.5. The second kappa shape index (κ2) is 8.32. The van der Waals surface area contributed by atoms with Gasteiger partial charge in [0, 0.05) is 40.2 Å². The third-order valence-corrected chi connectivity index (χ3v) is 5.77. The molecule has 0 saturated heterocycles. The van der Waals surface area contributed by atoms with Crippen molar-refractivity contribution in [1.82, 2.24) is 9.99 Å². The van der Waals surface area contributed by atoms with E-state index in [9.17, 15) is 14.9 Å². The van der Waals surface area contributed by atoms with Crippen LogP contribution in [0.2, 0.25) is 0 Å². The van der Waals surface area contributed by atoms with Crippen LogP contribution in [-0.4, -0.2) is 21.6 Å². The smallest absolute Gasteiger partial charge is 0.307 e. The van der Waals surface area contributed by atoms with Gasteiger partial charge in [-0.2, -0.15) is 5.10 Å². The number of nitro groups is 1. The molecule has 8 nitrogen and oxygen atoms in total. The summed E-state index contributed by atoms with van der Waals surface area (Å²) in [6.07, 6.45) is 1.59. The predicted molar refractivity (Wildman–Crippen MR) is 131 cm³/mol. The fraction of sp³-hybridized carbons (Fsp3) is 0.0769. The highest BCUT2D eigenvalue weighted by Crippen LogP contribution is 2.25. The molecule has 0 atom stereocenters. The monoisotopic (exact) mass is 452 g/mol. The molecular weight excluding hydrogens is 432 g/mol. The Balaban J connectivity index is 1.36. The van der Waals surface area contributed by atoms with Gasteiger partial charge in [0.1, 0.15) is 5.58 Å². The topological polar surface area (TPSA) is 103 Å². The number of nitrogens with one attached hydrogen (secondary N) is 1. The van der Waals surface area contributed by atoms with Crippen LogP contribution in [0.25, 0.3) is 27.4 Å². The molecule has 5 rings (SSSR count). The molecule has 0 saturated carbocycles. The minimum atomic E-state index is -0.543. The van der Waals surface area contributed by atoms with E-state index in [1.54, 1.807) is 6.21 Å². The summed E-state index contributed by atoms with van der Waals surface area (Å²) in [5, 5.41) is 17.8. The number of nitro benzene ring substituents is 1. The normalized spacial score (nSPS) is 11.5. The van der Waals surface area contributed by atoms with Gasteiger partial charge in [-0.3, -0.25) is 14.9 Å². The molecule has 0 unspecified atom stereocenters. The Kier molecular flexibility index (Phi) is 5.18. The highest BCUT2D eigenvalue weighted by molar-refractivity contribution is 5.97. The number of amides is 1. The highest BCUT2D eigenvalue weighted by Gasteiger charge is 2.15. The number of non-ortho nitro benzene ring substituents is 1. The zero-order chi connectivity index (χ0) is 23.8. The molecule has 2 heterocycles. The lowest BCUT2D eigenvalue weighted by Crippen LogP contribution is -2.16. The number of carbonyl (C=O) groups excluding carboxylic acids is 1. The number of fused-ring (bicyclic) bond motifs is 2. The number of hydrazone groups is 1. The Hall–Kier alpha value is -4.72. The number of rotatable bonds is 5. The summed E-state index contributed by atoms with van der Waals surface area (Å²) in [4.78, 5) is 22.9. The van der Waals surface area contributed by atoms with Gasteiger partial charge in [-0.05, 0) is 55.0 Å². The molecule has 0 aliphatic rings. The molecule has 1 N–H and O–H groups in total. The van der Waals surface area contributed by atoms with Crippen LogP contribution in [0.3, 0.4) is 0 Å². The Morgan fingerprint density at radius 2 is 1.79 bits per heavy atom. The average Bonchev–Trinajstić information content (AvgIpc) is 3.38. The van der Waals surface area contributed by atoms with Crippen molar-refractivity contribution in [3.05, 3.63) is 106 Å². The molecule has 3 aromatic carbocycles. The van der Waals surface area contributed by atoms with E-state index < -0.39 is 10.8 Å². The van der Waals surface area contributed by atoms with Crippen molar-refractivity contribution in [3.8, 4) is 5.69 Å². The molecule has 0 aliphatic carbocycles. The van der Waals surface area contributed by atoms with Crippen LogP contribution >= 0.6 is 0 Å². The summed E-state index contributed by atoms with van der Waals surface area (Å²) in [6.45, 7) is 4.02.